The van der Waals surface area contributed by atoms with E-state index in [4.69, 9.17) is 22.7 Å². The van der Waals surface area contributed by atoms with E-state index in [2.05, 4.69) is 9.88 Å². The largest absolute Gasteiger partial charge is 0.394 e. The molecule has 2 unspecified atom stereocenters. The number of aromatic nitrogens is 1. The van der Waals surface area contributed by atoms with Crippen molar-refractivity contribution in [1.82, 2.24) is 9.88 Å². The Morgan fingerprint density at radius 3 is 3.11 bits per heavy atom. The van der Waals surface area contributed by atoms with Crippen LogP contribution < -0.4 is 5.73 Å². The lowest BCUT2D eigenvalue weighted by molar-refractivity contribution is -0.0972. The minimum atomic E-state index is -0.131. The molecule has 5 nitrogen and oxygen atoms in total. The summed E-state index contributed by atoms with van der Waals surface area (Å²) in [5, 5.41) is 9.23. The molecule has 0 bridgehead atoms. The minimum Gasteiger partial charge on any atom is -0.394 e. The predicted octanol–water partition coefficient (Wildman–Crippen LogP) is 0.297. The molecule has 6 heteroatoms. The van der Waals surface area contributed by atoms with Crippen LogP contribution in [0.4, 0.5) is 0 Å². The lowest BCUT2D eigenvalue weighted by atomic mass is 10.1. The van der Waals surface area contributed by atoms with Gasteiger partial charge < -0.3 is 15.6 Å². The summed E-state index contributed by atoms with van der Waals surface area (Å²) in [4.78, 5) is 6.77. The molecule has 2 atom stereocenters. The van der Waals surface area contributed by atoms with Crippen LogP contribution >= 0.6 is 12.2 Å². The average Bonchev–Trinajstić information content (AvgIpc) is 2.38. The van der Waals surface area contributed by atoms with Crippen LogP contribution in [0.1, 0.15) is 18.2 Å². The summed E-state index contributed by atoms with van der Waals surface area (Å²) < 4.78 is 5.62. The van der Waals surface area contributed by atoms with Crippen LogP contribution in [0.3, 0.4) is 0 Å². The zero-order chi connectivity index (χ0) is 13.8. The average molecular weight is 281 g/mol. The van der Waals surface area contributed by atoms with Crippen molar-refractivity contribution in [3.05, 3.63) is 29.6 Å². The fourth-order valence-corrected chi connectivity index (χ4v) is 2.58. The molecule has 1 saturated heterocycles. The van der Waals surface area contributed by atoms with E-state index in [9.17, 15) is 5.11 Å². The molecule has 1 aliphatic rings. The first-order chi connectivity index (χ1) is 9.10. The van der Waals surface area contributed by atoms with Gasteiger partial charge in [-0.2, -0.15) is 0 Å². The number of aliphatic hydroxyl groups is 1. The third-order valence-electron chi connectivity index (χ3n) is 3.12. The second-order valence-electron chi connectivity index (χ2n) is 4.82. The molecule has 1 aromatic heterocycles. The monoisotopic (exact) mass is 281 g/mol. The Bertz CT molecular complexity index is 455. The molecule has 0 aliphatic carbocycles. The molecule has 2 rings (SSSR count). The van der Waals surface area contributed by atoms with Crippen molar-refractivity contribution in [2.75, 3.05) is 19.7 Å². The van der Waals surface area contributed by atoms with Crippen molar-refractivity contribution in [2.24, 2.45) is 5.73 Å². The SMILES string of the molecule is CC1CN(Cc2cccnc2C(N)=S)CC(CO)O1. The highest BCUT2D eigenvalue weighted by atomic mass is 32.1. The molecule has 1 fully saturated rings. The molecule has 0 amide bonds. The van der Waals surface area contributed by atoms with E-state index in [1.807, 2.05) is 19.1 Å². The number of thiocarbonyl (C=S) groups is 1. The van der Waals surface area contributed by atoms with Crippen molar-refractivity contribution in [1.29, 1.82) is 0 Å². The summed E-state index contributed by atoms with van der Waals surface area (Å²) in [5.41, 5.74) is 7.38. The first kappa shape index (κ1) is 14.3. The maximum atomic E-state index is 9.23. The van der Waals surface area contributed by atoms with Crippen LogP contribution in [0.15, 0.2) is 18.3 Å². The van der Waals surface area contributed by atoms with Gasteiger partial charge in [0.05, 0.1) is 18.8 Å². The van der Waals surface area contributed by atoms with Crippen LogP contribution in [0.5, 0.6) is 0 Å². The molecule has 0 saturated carbocycles. The normalized spacial score (nSPS) is 24.3. The van der Waals surface area contributed by atoms with Gasteiger partial charge in [0.1, 0.15) is 10.7 Å². The van der Waals surface area contributed by atoms with Crippen molar-refractivity contribution in [3.63, 3.8) is 0 Å². The van der Waals surface area contributed by atoms with E-state index >= 15 is 0 Å². The summed E-state index contributed by atoms with van der Waals surface area (Å²) in [6.45, 7) is 4.28. The molecule has 1 aliphatic heterocycles. The van der Waals surface area contributed by atoms with Gasteiger partial charge in [-0.25, -0.2) is 0 Å². The number of morpholine rings is 1. The van der Waals surface area contributed by atoms with E-state index in [0.717, 1.165) is 12.1 Å². The molecule has 104 valence electrons. The van der Waals surface area contributed by atoms with Gasteiger partial charge in [-0.1, -0.05) is 18.3 Å². The zero-order valence-electron chi connectivity index (χ0n) is 11.0. The summed E-state index contributed by atoms with van der Waals surface area (Å²) in [6, 6.07) is 3.86. The van der Waals surface area contributed by atoms with Gasteiger partial charge >= 0.3 is 0 Å². The minimum absolute atomic E-state index is 0.0377. The molecule has 2 heterocycles. The summed E-state index contributed by atoms with van der Waals surface area (Å²) in [6.07, 6.45) is 1.67. The van der Waals surface area contributed by atoms with Crippen LogP contribution in [-0.4, -0.2) is 51.9 Å². The predicted molar refractivity (Wildman–Crippen MR) is 76.8 cm³/mol. The standard InChI is InChI=1S/C13H19N3O2S/c1-9-5-16(7-11(8-17)18-9)6-10-3-2-4-15-12(10)13(14)19/h2-4,9,11,17H,5-8H2,1H3,(H2,14,19). The summed E-state index contributed by atoms with van der Waals surface area (Å²) in [7, 11) is 0. The Labute approximate surface area is 118 Å². The fourth-order valence-electron chi connectivity index (χ4n) is 2.40. The summed E-state index contributed by atoms with van der Waals surface area (Å²) in [5.74, 6) is 0. The Morgan fingerprint density at radius 1 is 1.63 bits per heavy atom. The number of hydrogen-bond acceptors (Lipinski definition) is 5. The van der Waals surface area contributed by atoms with Crippen LogP contribution in [-0.2, 0) is 11.3 Å². The van der Waals surface area contributed by atoms with E-state index in [0.29, 0.717) is 23.8 Å². The van der Waals surface area contributed by atoms with E-state index in [1.165, 1.54) is 0 Å². The van der Waals surface area contributed by atoms with Gasteiger partial charge in [-0.15, -0.1) is 0 Å². The van der Waals surface area contributed by atoms with E-state index < -0.39 is 0 Å². The lowest BCUT2D eigenvalue weighted by Crippen LogP contribution is -2.47. The second-order valence-corrected chi connectivity index (χ2v) is 5.26. The van der Waals surface area contributed by atoms with Gasteiger partial charge in [-0.05, 0) is 18.6 Å². The number of hydrogen-bond donors (Lipinski definition) is 2. The molecule has 3 N–H and O–H groups in total. The number of nitrogens with two attached hydrogens (primary N) is 1. The molecular weight excluding hydrogens is 262 g/mol. The van der Waals surface area contributed by atoms with Gasteiger partial charge in [0.15, 0.2) is 0 Å². The first-order valence-corrected chi connectivity index (χ1v) is 6.73. The van der Waals surface area contributed by atoms with Crippen molar-refractivity contribution in [3.8, 4) is 0 Å². The van der Waals surface area contributed by atoms with Gasteiger partial charge in [0.2, 0.25) is 0 Å². The number of nitrogens with zero attached hydrogens (tertiary/aromatic N) is 2. The third kappa shape index (κ3) is 3.70. The number of pyridine rings is 1. The van der Waals surface area contributed by atoms with Crippen LogP contribution in [0.2, 0.25) is 0 Å². The Kier molecular flexibility index (Phi) is 4.81. The first-order valence-electron chi connectivity index (χ1n) is 6.32. The highest BCUT2D eigenvalue weighted by Gasteiger charge is 2.25. The molecular formula is C13H19N3O2S. The highest BCUT2D eigenvalue weighted by molar-refractivity contribution is 7.80. The molecule has 0 aromatic carbocycles. The Balaban J connectivity index is 2.10. The highest BCUT2D eigenvalue weighted by Crippen LogP contribution is 2.15. The van der Waals surface area contributed by atoms with E-state index in [1.54, 1.807) is 6.20 Å². The topological polar surface area (TPSA) is 71.6 Å². The quantitative estimate of drug-likeness (QED) is 0.773. The van der Waals surface area contributed by atoms with E-state index in [-0.39, 0.29) is 18.8 Å². The smallest absolute Gasteiger partial charge is 0.123 e. The maximum Gasteiger partial charge on any atom is 0.123 e. The molecule has 19 heavy (non-hydrogen) atoms. The van der Waals surface area contributed by atoms with Gasteiger partial charge in [0.25, 0.3) is 0 Å². The van der Waals surface area contributed by atoms with Crippen molar-refractivity contribution < 1.29 is 9.84 Å². The number of ether oxygens (including phenoxy) is 1. The van der Waals surface area contributed by atoms with Crippen LogP contribution in [0, 0.1) is 0 Å². The fraction of sp³-hybridized carbons (Fsp3) is 0.538. The van der Waals surface area contributed by atoms with Gasteiger partial charge in [-0.3, -0.25) is 9.88 Å². The second kappa shape index (κ2) is 6.38. The molecule has 0 radical (unpaired) electrons. The Morgan fingerprint density at radius 2 is 2.42 bits per heavy atom. The number of aliphatic hydroxyl groups excluding tert-OH is 1. The lowest BCUT2D eigenvalue weighted by Gasteiger charge is -2.36. The van der Waals surface area contributed by atoms with Crippen LogP contribution in [0.25, 0.3) is 0 Å². The molecule has 0 spiro atoms. The summed E-state index contributed by atoms with van der Waals surface area (Å²) >= 11 is 5.02. The number of rotatable bonds is 4. The van der Waals surface area contributed by atoms with Gasteiger partial charge in [0, 0.05) is 25.8 Å². The zero-order valence-corrected chi connectivity index (χ0v) is 11.8. The maximum absolute atomic E-state index is 9.23. The van der Waals surface area contributed by atoms with Crippen molar-refractivity contribution in [2.45, 2.75) is 25.7 Å². The van der Waals surface area contributed by atoms with Crippen molar-refractivity contribution >= 4 is 17.2 Å². The third-order valence-corrected chi connectivity index (χ3v) is 3.32. The Hall–Kier alpha value is -1.08. The molecule has 1 aromatic rings.